The van der Waals surface area contributed by atoms with Gasteiger partial charge in [0.05, 0.1) is 5.75 Å². The Kier molecular flexibility index (Phi) is 4.84. The molecule has 0 saturated heterocycles. The number of nitrogens with zero attached hydrogens (tertiary/aromatic N) is 1. The number of hydrogen-bond donors (Lipinski definition) is 1. The second-order valence-electron chi connectivity index (χ2n) is 2.71. The Bertz CT molecular complexity index is 308. The SMILES string of the molecule is CCN=C(N)CSc1ccc(Cl)cc1. The van der Waals surface area contributed by atoms with E-state index in [9.17, 15) is 0 Å². The Morgan fingerprint density at radius 1 is 1.43 bits per heavy atom. The summed E-state index contributed by atoms with van der Waals surface area (Å²) in [5.74, 6) is 1.42. The van der Waals surface area contributed by atoms with Gasteiger partial charge in [-0.2, -0.15) is 0 Å². The Hall–Kier alpha value is -0.670. The van der Waals surface area contributed by atoms with E-state index >= 15 is 0 Å². The Balaban J connectivity index is 2.46. The Morgan fingerprint density at radius 3 is 2.64 bits per heavy atom. The number of thioether (sulfide) groups is 1. The number of amidine groups is 1. The van der Waals surface area contributed by atoms with Crippen LogP contribution in [0, 0.1) is 0 Å². The highest BCUT2D eigenvalue weighted by atomic mass is 35.5. The summed E-state index contributed by atoms with van der Waals surface area (Å²) in [6, 6.07) is 7.70. The molecule has 76 valence electrons. The summed E-state index contributed by atoms with van der Waals surface area (Å²) in [7, 11) is 0. The molecule has 0 aromatic heterocycles. The van der Waals surface area contributed by atoms with Crippen molar-refractivity contribution in [2.75, 3.05) is 12.3 Å². The van der Waals surface area contributed by atoms with Crippen LogP contribution >= 0.6 is 23.4 Å². The lowest BCUT2D eigenvalue weighted by Gasteiger charge is -2.01. The molecule has 0 atom stereocenters. The molecule has 0 aliphatic heterocycles. The number of hydrogen-bond acceptors (Lipinski definition) is 2. The molecule has 0 heterocycles. The third-order valence-electron chi connectivity index (χ3n) is 1.56. The quantitative estimate of drug-likeness (QED) is 0.489. The molecule has 0 spiro atoms. The molecule has 0 radical (unpaired) electrons. The fourth-order valence-electron chi connectivity index (χ4n) is 0.937. The van der Waals surface area contributed by atoms with Crippen LogP contribution in [0.25, 0.3) is 0 Å². The molecule has 2 N–H and O–H groups in total. The summed E-state index contributed by atoms with van der Waals surface area (Å²) in [5, 5.41) is 0.754. The molecule has 0 saturated carbocycles. The maximum atomic E-state index is 5.77. The van der Waals surface area contributed by atoms with Gasteiger partial charge < -0.3 is 5.73 Å². The van der Waals surface area contributed by atoms with Crippen molar-refractivity contribution >= 4 is 29.2 Å². The van der Waals surface area contributed by atoms with Crippen molar-refractivity contribution in [2.24, 2.45) is 10.7 Å². The second kappa shape index (κ2) is 5.94. The molecular formula is C10H13ClN2S. The van der Waals surface area contributed by atoms with Crippen LogP contribution in [0.4, 0.5) is 0 Å². The van der Waals surface area contributed by atoms with E-state index in [1.807, 2.05) is 31.2 Å². The van der Waals surface area contributed by atoms with Crippen molar-refractivity contribution in [1.29, 1.82) is 0 Å². The molecule has 1 rings (SSSR count). The molecule has 0 aliphatic rings. The van der Waals surface area contributed by atoms with E-state index in [1.54, 1.807) is 11.8 Å². The van der Waals surface area contributed by atoms with Gasteiger partial charge in [-0.1, -0.05) is 11.6 Å². The number of aliphatic imine (C=N–C) groups is 1. The van der Waals surface area contributed by atoms with Crippen molar-refractivity contribution in [3.8, 4) is 0 Å². The maximum absolute atomic E-state index is 5.77. The predicted octanol–water partition coefficient (Wildman–Crippen LogP) is 2.81. The van der Waals surface area contributed by atoms with E-state index in [0.29, 0.717) is 5.84 Å². The average molecular weight is 229 g/mol. The summed E-state index contributed by atoms with van der Waals surface area (Å²) in [6.07, 6.45) is 0. The van der Waals surface area contributed by atoms with Gasteiger partial charge in [-0.25, -0.2) is 0 Å². The summed E-state index contributed by atoms with van der Waals surface area (Å²) in [6.45, 7) is 2.72. The van der Waals surface area contributed by atoms with Crippen LogP contribution in [-0.4, -0.2) is 18.1 Å². The lowest BCUT2D eigenvalue weighted by atomic mass is 10.4. The molecule has 0 amide bonds. The number of nitrogens with two attached hydrogens (primary N) is 1. The summed E-state index contributed by atoms with van der Waals surface area (Å²) in [5.41, 5.74) is 5.67. The number of halogens is 1. The summed E-state index contributed by atoms with van der Waals surface area (Å²) >= 11 is 7.43. The molecule has 1 aromatic rings. The van der Waals surface area contributed by atoms with Gasteiger partial charge in [-0.05, 0) is 31.2 Å². The molecule has 0 unspecified atom stereocenters. The first-order valence-corrected chi connectivity index (χ1v) is 5.76. The van der Waals surface area contributed by atoms with Crippen LogP contribution < -0.4 is 5.73 Å². The van der Waals surface area contributed by atoms with Crippen LogP contribution in [0.1, 0.15) is 6.92 Å². The van der Waals surface area contributed by atoms with E-state index in [1.165, 1.54) is 0 Å². The van der Waals surface area contributed by atoms with Crippen LogP contribution in [-0.2, 0) is 0 Å². The topological polar surface area (TPSA) is 38.4 Å². The third kappa shape index (κ3) is 4.03. The van der Waals surface area contributed by atoms with Crippen molar-refractivity contribution in [1.82, 2.24) is 0 Å². The van der Waals surface area contributed by atoms with Crippen molar-refractivity contribution < 1.29 is 0 Å². The molecular weight excluding hydrogens is 216 g/mol. The van der Waals surface area contributed by atoms with Crippen molar-refractivity contribution in [3.05, 3.63) is 29.3 Å². The van der Waals surface area contributed by atoms with E-state index in [-0.39, 0.29) is 0 Å². The molecule has 0 fully saturated rings. The zero-order chi connectivity index (χ0) is 10.4. The van der Waals surface area contributed by atoms with Gasteiger partial charge in [0.2, 0.25) is 0 Å². The molecule has 14 heavy (non-hydrogen) atoms. The van der Waals surface area contributed by atoms with Gasteiger partial charge in [0.15, 0.2) is 0 Å². The number of benzene rings is 1. The fraction of sp³-hybridized carbons (Fsp3) is 0.300. The molecule has 0 aliphatic carbocycles. The molecule has 2 nitrogen and oxygen atoms in total. The molecule has 4 heteroatoms. The number of rotatable bonds is 4. The highest BCUT2D eigenvalue weighted by Gasteiger charge is 1.96. The predicted molar refractivity (Wildman–Crippen MR) is 64.3 cm³/mol. The summed E-state index contributed by atoms with van der Waals surface area (Å²) < 4.78 is 0. The largest absolute Gasteiger partial charge is 0.387 e. The zero-order valence-corrected chi connectivity index (χ0v) is 9.61. The van der Waals surface area contributed by atoms with Gasteiger partial charge >= 0.3 is 0 Å². The minimum atomic E-state index is 0.687. The highest BCUT2D eigenvalue weighted by Crippen LogP contribution is 2.19. The highest BCUT2D eigenvalue weighted by molar-refractivity contribution is 8.00. The fourth-order valence-corrected chi connectivity index (χ4v) is 1.80. The van der Waals surface area contributed by atoms with Gasteiger partial charge in [-0.15, -0.1) is 11.8 Å². The minimum absolute atomic E-state index is 0.687. The standard InChI is InChI=1S/C10H13ClN2S/c1-2-13-10(12)7-14-9-5-3-8(11)4-6-9/h3-6H,2,7H2,1H3,(H2,12,13). The summed E-state index contributed by atoms with van der Waals surface area (Å²) in [4.78, 5) is 5.26. The Labute approximate surface area is 93.6 Å². The van der Waals surface area contributed by atoms with Crippen LogP contribution in [0.15, 0.2) is 34.2 Å². The minimum Gasteiger partial charge on any atom is -0.387 e. The first-order chi connectivity index (χ1) is 6.72. The lowest BCUT2D eigenvalue weighted by molar-refractivity contribution is 1.12. The van der Waals surface area contributed by atoms with E-state index in [2.05, 4.69) is 4.99 Å². The third-order valence-corrected chi connectivity index (χ3v) is 2.86. The van der Waals surface area contributed by atoms with E-state index < -0.39 is 0 Å². The van der Waals surface area contributed by atoms with Gasteiger partial charge in [-0.3, -0.25) is 4.99 Å². The first kappa shape index (κ1) is 11.4. The van der Waals surface area contributed by atoms with Gasteiger partial charge in [0.25, 0.3) is 0 Å². The monoisotopic (exact) mass is 228 g/mol. The zero-order valence-electron chi connectivity index (χ0n) is 8.03. The second-order valence-corrected chi connectivity index (χ2v) is 4.19. The molecule has 0 bridgehead atoms. The smallest absolute Gasteiger partial charge is 0.104 e. The van der Waals surface area contributed by atoms with Gasteiger partial charge in [0, 0.05) is 16.5 Å². The van der Waals surface area contributed by atoms with Gasteiger partial charge in [0.1, 0.15) is 5.84 Å². The van der Waals surface area contributed by atoms with E-state index in [0.717, 1.165) is 22.2 Å². The Morgan fingerprint density at radius 2 is 2.07 bits per heavy atom. The normalized spacial score (nSPS) is 11.7. The first-order valence-electron chi connectivity index (χ1n) is 4.39. The molecule has 1 aromatic carbocycles. The van der Waals surface area contributed by atoms with Crippen LogP contribution in [0.2, 0.25) is 5.02 Å². The van der Waals surface area contributed by atoms with Crippen molar-refractivity contribution in [2.45, 2.75) is 11.8 Å². The lowest BCUT2D eigenvalue weighted by Crippen LogP contribution is -2.14. The maximum Gasteiger partial charge on any atom is 0.104 e. The average Bonchev–Trinajstić information content (AvgIpc) is 2.17. The van der Waals surface area contributed by atoms with E-state index in [4.69, 9.17) is 17.3 Å². The van der Waals surface area contributed by atoms with Crippen molar-refractivity contribution in [3.63, 3.8) is 0 Å². The van der Waals surface area contributed by atoms with Crippen LogP contribution in [0.3, 0.4) is 0 Å². The van der Waals surface area contributed by atoms with Crippen LogP contribution in [0.5, 0.6) is 0 Å².